The van der Waals surface area contributed by atoms with Crippen molar-refractivity contribution >= 4 is 50.7 Å². The molecule has 3 rings (SSSR count). The lowest BCUT2D eigenvalue weighted by Crippen LogP contribution is -2.29. The second-order valence-electron chi connectivity index (χ2n) is 6.46. The van der Waals surface area contributed by atoms with E-state index in [1.54, 1.807) is 0 Å². The molecule has 0 aromatic carbocycles. The topological polar surface area (TPSA) is 50.6 Å². The zero-order valence-electron chi connectivity index (χ0n) is 15.4. The van der Waals surface area contributed by atoms with Crippen molar-refractivity contribution in [2.45, 2.75) is 39.7 Å². The summed E-state index contributed by atoms with van der Waals surface area (Å²) in [5, 5.41) is 0.262. The highest BCUT2D eigenvalue weighted by Gasteiger charge is 2.28. The summed E-state index contributed by atoms with van der Waals surface area (Å²) in [4.78, 5) is 16.2. The van der Waals surface area contributed by atoms with Crippen LogP contribution < -0.4 is 4.90 Å². The molecule has 5 nitrogen and oxygen atoms in total. The number of allylic oxidation sites excluding steroid dienone is 3. The smallest absolute Gasteiger partial charge is 0.224 e. The standard InChI is InChI=1S/C19H24BrClN4O/c1-4-12(3)22-17-13(5-2)16-15(11-14(17)20)23-19(21)24-18(16)25-7-6-9-26-10-8-25/h5,11-12H,4,6-10H2,1-3H3/b13-5-,22-17?. The summed E-state index contributed by atoms with van der Waals surface area (Å²) in [6.45, 7) is 9.44. The van der Waals surface area contributed by atoms with E-state index in [2.05, 4.69) is 50.7 Å². The number of halogens is 2. The highest BCUT2D eigenvalue weighted by molar-refractivity contribution is 9.12. The largest absolute Gasteiger partial charge is 0.380 e. The monoisotopic (exact) mass is 438 g/mol. The first-order chi connectivity index (χ1) is 12.5. The summed E-state index contributed by atoms with van der Waals surface area (Å²) in [6, 6.07) is 0.241. The molecule has 1 fully saturated rings. The van der Waals surface area contributed by atoms with Crippen LogP contribution in [0.5, 0.6) is 0 Å². The molecule has 26 heavy (non-hydrogen) atoms. The second kappa shape index (κ2) is 8.63. The van der Waals surface area contributed by atoms with Crippen molar-refractivity contribution in [2.75, 3.05) is 31.2 Å². The number of aliphatic imine (C=N–C) groups is 1. The zero-order chi connectivity index (χ0) is 18.7. The Morgan fingerprint density at radius 2 is 2.19 bits per heavy atom. The van der Waals surface area contributed by atoms with Gasteiger partial charge in [0.1, 0.15) is 5.82 Å². The van der Waals surface area contributed by atoms with E-state index in [1.165, 1.54) is 0 Å². The fourth-order valence-corrected chi connectivity index (χ4v) is 3.85. The summed E-state index contributed by atoms with van der Waals surface area (Å²) in [6.07, 6.45) is 6.04. The predicted molar refractivity (Wildman–Crippen MR) is 112 cm³/mol. The molecule has 1 saturated heterocycles. The number of rotatable bonds is 3. The molecule has 1 aromatic rings. The molecule has 0 bridgehead atoms. The van der Waals surface area contributed by atoms with Crippen LogP contribution in [0.25, 0.3) is 11.6 Å². The Morgan fingerprint density at radius 3 is 2.92 bits per heavy atom. The van der Waals surface area contributed by atoms with Gasteiger partial charge in [0.05, 0.1) is 23.6 Å². The molecule has 140 valence electrons. The van der Waals surface area contributed by atoms with Crippen LogP contribution in [0.2, 0.25) is 5.28 Å². The number of hydrogen-bond donors (Lipinski definition) is 0. The first kappa shape index (κ1) is 19.5. The zero-order valence-corrected chi connectivity index (χ0v) is 17.8. The maximum absolute atomic E-state index is 6.25. The van der Waals surface area contributed by atoms with Gasteiger partial charge < -0.3 is 9.64 Å². The normalized spacial score (nSPS) is 22.2. The minimum absolute atomic E-state index is 0.241. The SMILES string of the molecule is C/C=C1\C(=NC(C)CC)C(Br)=Cc2nc(Cl)nc(N3CCCOCC3)c21. The first-order valence-corrected chi connectivity index (χ1v) is 10.2. The molecule has 2 heterocycles. The number of hydrogen-bond acceptors (Lipinski definition) is 5. The van der Waals surface area contributed by atoms with E-state index < -0.39 is 0 Å². The Bertz CT molecular complexity index is 767. The summed E-state index contributed by atoms with van der Waals surface area (Å²) in [7, 11) is 0. The summed E-state index contributed by atoms with van der Waals surface area (Å²) in [5.41, 5.74) is 3.83. The van der Waals surface area contributed by atoms with Gasteiger partial charge in [0, 0.05) is 35.8 Å². The molecule has 1 atom stereocenters. The van der Waals surface area contributed by atoms with Gasteiger partial charge in [0.25, 0.3) is 0 Å². The molecule has 0 N–H and O–H groups in total. The number of ether oxygens (including phenoxy) is 1. The van der Waals surface area contributed by atoms with E-state index in [9.17, 15) is 0 Å². The molecule has 1 aliphatic heterocycles. The Hall–Kier alpha value is -1.24. The third-order valence-corrected chi connectivity index (χ3v) is 5.43. The molecule has 0 radical (unpaired) electrons. The molecule has 0 saturated carbocycles. The van der Waals surface area contributed by atoms with Crippen molar-refractivity contribution < 1.29 is 4.74 Å². The highest BCUT2D eigenvalue weighted by atomic mass is 79.9. The molecule has 1 aromatic heterocycles. The molecule has 0 spiro atoms. The van der Waals surface area contributed by atoms with Crippen LogP contribution in [0.4, 0.5) is 5.82 Å². The lowest BCUT2D eigenvalue weighted by Gasteiger charge is -2.28. The number of fused-ring (bicyclic) bond motifs is 1. The minimum atomic E-state index is 0.241. The van der Waals surface area contributed by atoms with Gasteiger partial charge in [-0.2, -0.15) is 4.98 Å². The van der Waals surface area contributed by atoms with Gasteiger partial charge >= 0.3 is 0 Å². The van der Waals surface area contributed by atoms with Crippen molar-refractivity contribution in [3.05, 3.63) is 27.1 Å². The number of nitrogens with zero attached hydrogens (tertiary/aromatic N) is 4. The fourth-order valence-electron chi connectivity index (χ4n) is 3.15. The Labute approximate surface area is 168 Å². The van der Waals surface area contributed by atoms with Gasteiger partial charge in [0.2, 0.25) is 5.28 Å². The number of anilines is 1. The van der Waals surface area contributed by atoms with Gasteiger partial charge in [-0.1, -0.05) is 13.0 Å². The lowest BCUT2D eigenvalue weighted by molar-refractivity contribution is 0.152. The Balaban J connectivity index is 2.16. The average molecular weight is 440 g/mol. The van der Waals surface area contributed by atoms with E-state index in [-0.39, 0.29) is 11.3 Å². The van der Waals surface area contributed by atoms with E-state index in [0.29, 0.717) is 6.61 Å². The van der Waals surface area contributed by atoms with Crippen LogP contribution in [0.3, 0.4) is 0 Å². The van der Waals surface area contributed by atoms with Crippen LogP contribution in [-0.2, 0) is 4.74 Å². The molecule has 2 aliphatic rings. The second-order valence-corrected chi connectivity index (χ2v) is 7.65. The maximum Gasteiger partial charge on any atom is 0.224 e. The number of aromatic nitrogens is 2. The van der Waals surface area contributed by atoms with Crippen LogP contribution in [-0.4, -0.2) is 48.0 Å². The fraction of sp³-hybridized carbons (Fsp3) is 0.526. The minimum Gasteiger partial charge on any atom is -0.380 e. The third-order valence-electron chi connectivity index (χ3n) is 4.66. The summed E-state index contributed by atoms with van der Waals surface area (Å²) < 4.78 is 6.53. The lowest BCUT2D eigenvalue weighted by atomic mass is 9.93. The molecular formula is C19H24BrClN4O. The Kier molecular flexibility index (Phi) is 6.48. The maximum atomic E-state index is 6.25. The van der Waals surface area contributed by atoms with Gasteiger partial charge in [0.15, 0.2) is 0 Å². The van der Waals surface area contributed by atoms with Crippen LogP contribution >= 0.6 is 27.5 Å². The van der Waals surface area contributed by atoms with Gasteiger partial charge in [-0.15, -0.1) is 0 Å². The third kappa shape index (κ3) is 4.02. The van der Waals surface area contributed by atoms with Gasteiger partial charge in [-0.05, 0) is 60.3 Å². The van der Waals surface area contributed by atoms with Crippen LogP contribution in [0.1, 0.15) is 44.9 Å². The molecule has 0 amide bonds. The predicted octanol–water partition coefficient (Wildman–Crippen LogP) is 4.75. The molecule has 1 aliphatic carbocycles. The Morgan fingerprint density at radius 1 is 1.38 bits per heavy atom. The van der Waals surface area contributed by atoms with E-state index in [4.69, 9.17) is 21.3 Å². The van der Waals surface area contributed by atoms with Crippen molar-refractivity contribution in [1.82, 2.24) is 9.97 Å². The summed E-state index contributed by atoms with van der Waals surface area (Å²) in [5.74, 6) is 0.867. The summed E-state index contributed by atoms with van der Waals surface area (Å²) >= 11 is 9.92. The average Bonchev–Trinajstić information content (AvgIpc) is 2.91. The molecular weight excluding hydrogens is 416 g/mol. The molecule has 1 unspecified atom stereocenters. The highest BCUT2D eigenvalue weighted by Crippen LogP contribution is 2.39. The van der Waals surface area contributed by atoms with Crippen LogP contribution in [0.15, 0.2) is 15.6 Å². The van der Waals surface area contributed by atoms with Crippen LogP contribution in [0, 0.1) is 0 Å². The van der Waals surface area contributed by atoms with Gasteiger partial charge in [-0.3, -0.25) is 4.99 Å². The van der Waals surface area contributed by atoms with Crippen molar-refractivity contribution in [1.29, 1.82) is 0 Å². The van der Waals surface area contributed by atoms with Crippen molar-refractivity contribution in [2.24, 2.45) is 4.99 Å². The van der Waals surface area contributed by atoms with E-state index in [0.717, 1.165) is 65.4 Å². The first-order valence-electron chi connectivity index (χ1n) is 9.07. The van der Waals surface area contributed by atoms with Crippen molar-refractivity contribution in [3.8, 4) is 0 Å². The van der Waals surface area contributed by atoms with Gasteiger partial charge in [-0.25, -0.2) is 4.98 Å². The van der Waals surface area contributed by atoms with E-state index >= 15 is 0 Å². The quantitative estimate of drug-likeness (QED) is 0.638. The molecule has 7 heteroatoms. The van der Waals surface area contributed by atoms with E-state index in [1.807, 2.05) is 13.0 Å². The van der Waals surface area contributed by atoms with Crippen molar-refractivity contribution in [3.63, 3.8) is 0 Å².